The van der Waals surface area contributed by atoms with Gasteiger partial charge in [-0.1, -0.05) is 24.6 Å². The third-order valence-corrected chi connectivity index (χ3v) is 5.41. The van der Waals surface area contributed by atoms with E-state index in [4.69, 9.17) is 0 Å². The van der Waals surface area contributed by atoms with Crippen molar-refractivity contribution >= 4 is 17.4 Å². The number of nitrogens with zero attached hydrogens (tertiary/aromatic N) is 3. The predicted octanol–water partition coefficient (Wildman–Crippen LogP) is 4.36. The van der Waals surface area contributed by atoms with Crippen molar-refractivity contribution in [2.24, 2.45) is 5.92 Å². The maximum absolute atomic E-state index is 12.6. The third-order valence-electron chi connectivity index (χ3n) is 5.41. The topological polar surface area (TPSA) is 58.1 Å². The van der Waals surface area contributed by atoms with Gasteiger partial charge in [-0.3, -0.25) is 4.79 Å². The summed E-state index contributed by atoms with van der Waals surface area (Å²) in [7, 11) is 2.06. The highest BCUT2D eigenvalue weighted by molar-refractivity contribution is 6.03. The lowest BCUT2D eigenvalue weighted by Crippen LogP contribution is -2.35. The molecular weight excluding hydrogens is 324 g/mol. The summed E-state index contributed by atoms with van der Waals surface area (Å²) < 4.78 is 0. The van der Waals surface area contributed by atoms with E-state index in [0.717, 1.165) is 23.0 Å². The average molecular weight is 352 g/mol. The van der Waals surface area contributed by atoms with E-state index in [-0.39, 0.29) is 5.91 Å². The molecule has 1 aromatic carbocycles. The fourth-order valence-electron chi connectivity index (χ4n) is 3.62. The Labute approximate surface area is 155 Å². The monoisotopic (exact) mass is 352 g/mol. The van der Waals surface area contributed by atoms with Crippen molar-refractivity contribution < 1.29 is 4.79 Å². The minimum Gasteiger partial charge on any atom is -0.357 e. The molecule has 0 atom stereocenters. The van der Waals surface area contributed by atoms with Gasteiger partial charge < -0.3 is 10.2 Å². The molecule has 1 aromatic heterocycles. The van der Waals surface area contributed by atoms with Crippen LogP contribution in [-0.2, 0) is 0 Å². The molecule has 26 heavy (non-hydrogen) atoms. The number of anilines is 2. The Balaban J connectivity index is 1.72. The van der Waals surface area contributed by atoms with Gasteiger partial charge in [-0.05, 0) is 57.1 Å². The SMILES string of the molecule is Cc1ccc(NC(=O)c2cc(N(C)C3CCC(C)CC3)ncn2)c(C)c1. The van der Waals surface area contributed by atoms with Crippen molar-refractivity contribution in [1.82, 2.24) is 9.97 Å². The molecule has 1 aliphatic rings. The van der Waals surface area contributed by atoms with Crippen LogP contribution < -0.4 is 10.2 Å². The Bertz CT molecular complexity index is 781. The molecule has 0 aliphatic heterocycles. The summed E-state index contributed by atoms with van der Waals surface area (Å²) in [4.78, 5) is 23.4. The van der Waals surface area contributed by atoms with Crippen LogP contribution in [0.3, 0.4) is 0 Å². The molecule has 3 rings (SSSR count). The highest BCUT2D eigenvalue weighted by Gasteiger charge is 2.23. The van der Waals surface area contributed by atoms with E-state index >= 15 is 0 Å². The van der Waals surface area contributed by atoms with Crippen LogP contribution in [0.1, 0.15) is 54.2 Å². The number of amides is 1. The number of hydrogen-bond donors (Lipinski definition) is 1. The van der Waals surface area contributed by atoms with Crippen molar-refractivity contribution in [2.75, 3.05) is 17.3 Å². The first-order valence-corrected chi connectivity index (χ1v) is 9.37. The molecule has 0 unspecified atom stereocenters. The van der Waals surface area contributed by atoms with Gasteiger partial charge in [0.05, 0.1) is 0 Å². The first kappa shape index (κ1) is 18.4. The highest BCUT2D eigenvalue weighted by Crippen LogP contribution is 2.28. The van der Waals surface area contributed by atoms with Gasteiger partial charge in [0.15, 0.2) is 0 Å². The Morgan fingerprint density at radius 2 is 1.85 bits per heavy atom. The average Bonchev–Trinajstić information content (AvgIpc) is 2.64. The van der Waals surface area contributed by atoms with Gasteiger partial charge in [0.25, 0.3) is 5.91 Å². The molecule has 0 saturated heterocycles. The lowest BCUT2D eigenvalue weighted by atomic mass is 9.87. The Hall–Kier alpha value is -2.43. The molecule has 1 N–H and O–H groups in total. The first-order chi connectivity index (χ1) is 12.4. The van der Waals surface area contributed by atoms with E-state index in [9.17, 15) is 4.79 Å². The second-order valence-electron chi connectivity index (χ2n) is 7.56. The third kappa shape index (κ3) is 4.21. The van der Waals surface area contributed by atoms with E-state index in [1.165, 1.54) is 37.6 Å². The van der Waals surface area contributed by atoms with Crippen LogP contribution >= 0.6 is 0 Å². The quantitative estimate of drug-likeness (QED) is 0.888. The molecule has 5 nitrogen and oxygen atoms in total. The van der Waals surface area contributed by atoms with Crippen molar-refractivity contribution in [3.05, 3.63) is 47.4 Å². The van der Waals surface area contributed by atoms with Gasteiger partial charge in [-0.2, -0.15) is 0 Å². The summed E-state index contributed by atoms with van der Waals surface area (Å²) in [5.41, 5.74) is 3.43. The molecule has 0 radical (unpaired) electrons. The second-order valence-corrected chi connectivity index (χ2v) is 7.56. The molecule has 0 spiro atoms. The molecule has 1 aliphatic carbocycles. The van der Waals surface area contributed by atoms with E-state index in [0.29, 0.717) is 11.7 Å². The van der Waals surface area contributed by atoms with Crippen molar-refractivity contribution in [3.8, 4) is 0 Å². The standard InChI is InChI=1S/C21H28N4O/c1-14-5-8-17(9-6-14)25(4)20-12-19(22-13-23-20)21(26)24-18-10-7-15(2)11-16(18)3/h7,10-14,17H,5-6,8-9H2,1-4H3,(H,24,26). The molecule has 1 heterocycles. The highest BCUT2D eigenvalue weighted by atomic mass is 16.1. The van der Waals surface area contributed by atoms with E-state index in [2.05, 4.69) is 40.2 Å². The largest absolute Gasteiger partial charge is 0.357 e. The molecule has 1 amide bonds. The van der Waals surface area contributed by atoms with Gasteiger partial charge in [-0.15, -0.1) is 0 Å². The zero-order valence-corrected chi connectivity index (χ0v) is 16.1. The van der Waals surface area contributed by atoms with Gasteiger partial charge in [0.1, 0.15) is 17.8 Å². The predicted molar refractivity (Wildman–Crippen MR) is 106 cm³/mol. The fraction of sp³-hybridized carbons (Fsp3) is 0.476. The van der Waals surface area contributed by atoms with Crippen LogP contribution in [0.25, 0.3) is 0 Å². The number of aryl methyl sites for hydroxylation is 2. The molecule has 2 aromatic rings. The minimum absolute atomic E-state index is 0.203. The number of carbonyl (C=O) groups excluding carboxylic acids is 1. The fourth-order valence-corrected chi connectivity index (χ4v) is 3.62. The number of carbonyl (C=O) groups is 1. The lowest BCUT2D eigenvalue weighted by Gasteiger charge is -2.34. The summed E-state index contributed by atoms with van der Waals surface area (Å²) in [6.45, 7) is 6.35. The maximum atomic E-state index is 12.6. The summed E-state index contributed by atoms with van der Waals surface area (Å²) in [5.74, 6) is 1.42. The van der Waals surface area contributed by atoms with Crippen molar-refractivity contribution in [1.29, 1.82) is 0 Å². The smallest absolute Gasteiger partial charge is 0.274 e. The maximum Gasteiger partial charge on any atom is 0.274 e. The first-order valence-electron chi connectivity index (χ1n) is 9.37. The van der Waals surface area contributed by atoms with Crippen LogP contribution in [0, 0.1) is 19.8 Å². The molecule has 0 bridgehead atoms. The van der Waals surface area contributed by atoms with Crippen LogP contribution in [-0.4, -0.2) is 29.0 Å². The van der Waals surface area contributed by atoms with Crippen LogP contribution in [0.4, 0.5) is 11.5 Å². The van der Waals surface area contributed by atoms with Gasteiger partial charge in [0.2, 0.25) is 0 Å². The minimum atomic E-state index is -0.203. The zero-order valence-electron chi connectivity index (χ0n) is 16.1. The lowest BCUT2D eigenvalue weighted by molar-refractivity contribution is 0.102. The summed E-state index contributed by atoms with van der Waals surface area (Å²) >= 11 is 0. The summed E-state index contributed by atoms with van der Waals surface area (Å²) in [6.07, 6.45) is 6.33. The van der Waals surface area contributed by atoms with Gasteiger partial charge in [-0.25, -0.2) is 9.97 Å². The van der Waals surface area contributed by atoms with E-state index < -0.39 is 0 Å². The van der Waals surface area contributed by atoms with Crippen LogP contribution in [0.5, 0.6) is 0 Å². The molecule has 5 heteroatoms. The number of aromatic nitrogens is 2. The number of nitrogens with one attached hydrogen (secondary N) is 1. The summed E-state index contributed by atoms with van der Waals surface area (Å²) in [6, 6.07) is 8.25. The molecule has 1 saturated carbocycles. The number of benzene rings is 1. The molecule has 138 valence electrons. The zero-order chi connectivity index (χ0) is 18.7. The van der Waals surface area contributed by atoms with Crippen molar-refractivity contribution in [2.45, 2.75) is 52.5 Å². The van der Waals surface area contributed by atoms with Crippen LogP contribution in [0.15, 0.2) is 30.6 Å². The van der Waals surface area contributed by atoms with Gasteiger partial charge >= 0.3 is 0 Å². The normalized spacial score (nSPS) is 19.8. The van der Waals surface area contributed by atoms with Crippen molar-refractivity contribution in [3.63, 3.8) is 0 Å². The Kier molecular flexibility index (Phi) is 5.55. The molecular formula is C21H28N4O. The number of hydrogen-bond acceptors (Lipinski definition) is 4. The van der Waals surface area contributed by atoms with Gasteiger partial charge in [0, 0.05) is 24.8 Å². The summed E-state index contributed by atoms with van der Waals surface area (Å²) in [5, 5.41) is 2.96. The number of rotatable bonds is 4. The van der Waals surface area contributed by atoms with Crippen LogP contribution in [0.2, 0.25) is 0 Å². The van der Waals surface area contributed by atoms with E-state index in [1.54, 1.807) is 6.07 Å². The Morgan fingerprint density at radius 3 is 2.54 bits per heavy atom. The second kappa shape index (κ2) is 7.85. The Morgan fingerprint density at radius 1 is 1.12 bits per heavy atom. The van der Waals surface area contributed by atoms with E-state index in [1.807, 2.05) is 26.0 Å². The molecule has 1 fully saturated rings.